The van der Waals surface area contributed by atoms with Crippen molar-refractivity contribution in [1.82, 2.24) is 0 Å². The lowest BCUT2D eigenvalue weighted by atomic mass is 10.1. The average Bonchev–Trinajstić information content (AvgIpc) is 2.79. The van der Waals surface area contributed by atoms with Gasteiger partial charge in [0.05, 0.1) is 17.7 Å². The molecule has 0 spiro atoms. The van der Waals surface area contributed by atoms with Gasteiger partial charge in [0.2, 0.25) is 5.91 Å². The number of fused-ring (bicyclic) bond motifs is 2. The molecule has 3 aromatic rings. The SMILES string of the molecule is O=C(Cc1ccc(F)cc1)Nc1ccc2c(c1)C(=O)Nc1cc(Cl)ccc1O2. The summed E-state index contributed by atoms with van der Waals surface area (Å²) in [6.07, 6.45) is 0.0873. The van der Waals surface area contributed by atoms with Gasteiger partial charge in [-0.05, 0) is 54.1 Å². The van der Waals surface area contributed by atoms with Gasteiger partial charge in [0.25, 0.3) is 5.91 Å². The molecule has 7 heteroatoms. The van der Waals surface area contributed by atoms with Crippen LogP contribution in [0.5, 0.6) is 11.5 Å². The van der Waals surface area contributed by atoms with E-state index in [1.807, 2.05) is 0 Å². The van der Waals surface area contributed by atoms with Crippen molar-refractivity contribution in [3.63, 3.8) is 0 Å². The van der Waals surface area contributed by atoms with Crippen LogP contribution in [-0.2, 0) is 11.2 Å². The Balaban J connectivity index is 1.53. The van der Waals surface area contributed by atoms with Crippen LogP contribution in [0.3, 0.4) is 0 Å². The van der Waals surface area contributed by atoms with Gasteiger partial charge in [0.15, 0.2) is 5.75 Å². The standard InChI is InChI=1S/C21H14ClFN2O3/c22-13-3-7-19-17(10-13)25-21(27)16-11-15(6-8-18(16)28-19)24-20(26)9-12-1-4-14(23)5-2-12/h1-8,10-11H,9H2,(H,24,26)(H,25,27). The highest BCUT2D eigenvalue weighted by Gasteiger charge is 2.21. The lowest BCUT2D eigenvalue weighted by Crippen LogP contribution is -2.15. The van der Waals surface area contributed by atoms with Crippen LogP contribution < -0.4 is 15.4 Å². The quantitative estimate of drug-likeness (QED) is 0.653. The predicted molar refractivity (Wildman–Crippen MR) is 105 cm³/mol. The predicted octanol–water partition coefficient (Wildman–Crippen LogP) is 5.02. The summed E-state index contributed by atoms with van der Waals surface area (Å²) < 4.78 is 18.8. The third kappa shape index (κ3) is 3.82. The van der Waals surface area contributed by atoms with Crippen LogP contribution in [0.4, 0.5) is 15.8 Å². The van der Waals surface area contributed by atoms with Crippen LogP contribution in [0.1, 0.15) is 15.9 Å². The van der Waals surface area contributed by atoms with Crippen molar-refractivity contribution in [2.75, 3.05) is 10.6 Å². The van der Waals surface area contributed by atoms with Crippen LogP contribution in [0, 0.1) is 5.82 Å². The Labute approximate surface area is 165 Å². The van der Waals surface area contributed by atoms with E-state index in [0.29, 0.717) is 33.5 Å². The lowest BCUT2D eigenvalue weighted by Gasteiger charge is -2.10. The molecule has 0 bridgehead atoms. The zero-order chi connectivity index (χ0) is 19.7. The summed E-state index contributed by atoms with van der Waals surface area (Å²) in [6.45, 7) is 0. The fourth-order valence-electron chi connectivity index (χ4n) is 2.86. The van der Waals surface area contributed by atoms with Crippen molar-refractivity contribution in [3.8, 4) is 11.5 Å². The van der Waals surface area contributed by atoms with Gasteiger partial charge in [-0.3, -0.25) is 9.59 Å². The molecule has 5 nitrogen and oxygen atoms in total. The van der Waals surface area contributed by atoms with Gasteiger partial charge in [-0.15, -0.1) is 0 Å². The molecule has 2 N–H and O–H groups in total. The molecule has 1 aliphatic heterocycles. The average molecular weight is 397 g/mol. The van der Waals surface area contributed by atoms with Gasteiger partial charge >= 0.3 is 0 Å². The van der Waals surface area contributed by atoms with Crippen molar-refractivity contribution in [3.05, 3.63) is 82.6 Å². The van der Waals surface area contributed by atoms with Crippen molar-refractivity contribution in [2.45, 2.75) is 6.42 Å². The Hall–Kier alpha value is -3.38. The lowest BCUT2D eigenvalue weighted by molar-refractivity contribution is -0.115. The van der Waals surface area contributed by atoms with Crippen molar-refractivity contribution >= 4 is 34.8 Å². The second-order valence-electron chi connectivity index (χ2n) is 6.26. The highest BCUT2D eigenvalue weighted by atomic mass is 35.5. The van der Waals surface area contributed by atoms with Gasteiger partial charge < -0.3 is 15.4 Å². The molecule has 0 saturated heterocycles. The summed E-state index contributed by atoms with van der Waals surface area (Å²) >= 11 is 5.97. The Bertz CT molecular complexity index is 1080. The molecule has 1 aliphatic rings. The molecular weight excluding hydrogens is 383 g/mol. The number of halogens is 2. The van der Waals surface area contributed by atoms with E-state index < -0.39 is 0 Å². The maximum Gasteiger partial charge on any atom is 0.259 e. The number of hydrogen-bond donors (Lipinski definition) is 2. The summed E-state index contributed by atoms with van der Waals surface area (Å²) in [5, 5.41) is 5.96. The molecule has 28 heavy (non-hydrogen) atoms. The molecule has 0 radical (unpaired) electrons. The summed E-state index contributed by atoms with van der Waals surface area (Å²) in [6, 6.07) is 15.5. The molecule has 0 aromatic heterocycles. The van der Waals surface area contributed by atoms with E-state index in [2.05, 4.69) is 10.6 Å². The van der Waals surface area contributed by atoms with E-state index in [1.165, 1.54) is 12.1 Å². The van der Waals surface area contributed by atoms with E-state index in [4.69, 9.17) is 16.3 Å². The van der Waals surface area contributed by atoms with Crippen LogP contribution in [0.2, 0.25) is 5.02 Å². The number of hydrogen-bond acceptors (Lipinski definition) is 3. The number of benzene rings is 3. The number of rotatable bonds is 3. The second kappa shape index (κ2) is 7.32. The number of ether oxygens (including phenoxy) is 1. The van der Waals surface area contributed by atoms with Gasteiger partial charge in [-0.25, -0.2) is 4.39 Å². The number of anilines is 2. The van der Waals surface area contributed by atoms with E-state index in [0.717, 1.165) is 0 Å². The highest BCUT2D eigenvalue weighted by Crippen LogP contribution is 2.37. The number of carbonyl (C=O) groups excluding carboxylic acids is 2. The molecule has 3 aromatic carbocycles. The molecule has 2 amide bonds. The number of amides is 2. The first-order valence-electron chi connectivity index (χ1n) is 8.45. The van der Waals surface area contributed by atoms with E-state index in [9.17, 15) is 14.0 Å². The van der Waals surface area contributed by atoms with Crippen molar-refractivity contribution < 1.29 is 18.7 Å². The minimum atomic E-state index is -0.370. The molecule has 0 fully saturated rings. The zero-order valence-corrected chi connectivity index (χ0v) is 15.2. The van der Waals surface area contributed by atoms with Crippen molar-refractivity contribution in [1.29, 1.82) is 0 Å². The fourth-order valence-corrected chi connectivity index (χ4v) is 3.04. The summed E-state index contributed by atoms with van der Waals surface area (Å²) in [5.41, 5.74) is 1.89. The zero-order valence-electron chi connectivity index (χ0n) is 14.5. The first-order chi connectivity index (χ1) is 13.5. The van der Waals surface area contributed by atoms with E-state index in [-0.39, 0.29) is 29.6 Å². The molecule has 0 saturated carbocycles. The summed E-state index contributed by atoms with van der Waals surface area (Å²) in [4.78, 5) is 24.8. The fraction of sp³-hybridized carbons (Fsp3) is 0.0476. The molecule has 1 heterocycles. The monoisotopic (exact) mass is 396 g/mol. The summed E-state index contributed by atoms with van der Waals surface area (Å²) in [5.74, 6) is -0.162. The molecule has 140 valence electrons. The third-order valence-corrected chi connectivity index (χ3v) is 4.43. The maximum absolute atomic E-state index is 13.0. The minimum Gasteiger partial charge on any atom is -0.454 e. The van der Waals surface area contributed by atoms with Gasteiger partial charge in [-0.1, -0.05) is 23.7 Å². The van der Waals surface area contributed by atoms with Crippen LogP contribution in [-0.4, -0.2) is 11.8 Å². The second-order valence-corrected chi connectivity index (χ2v) is 6.70. The Morgan fingerprint density at radius 1 is 1.04 bits per heavy atom. The van der Waals surface area contributed by atoms with Gasteiger partial charge in [-0.2, -0.15) is 0 Å². The van der Waals surface area contributed by atoms with Crippen LogP contribution in [0.25, 0.3) is 0 Å². The van der Waals surface area contributed by atoms with Crippen LogP contribution in [0.15, 0.2) is 60.7 Å². The first kappa shape index (κ1) is 18.0. The summed E-state index contributed by atoms with van der Waals surface area (Å²) in [7, 11) is 0. The molecule has 0 atom stereocenters. The third-order valence-electron chi connectivity index (χ3n) is 4.20. The maximum atomic E-state index is 13.0. The van der Waals surface area contributed by atoms with Crippen LogP contribution >= 0.6 is 11.6 Å². The number of carbonyl (C=O) groups is 2. The molecule has 0 unspecified atom stereocenters. The Morgan fingerprint density at radius 2 is 1.79 bits per heavy atom. The minimum absolute atomic E-state index is 0.0873. The number of nitrogens with one attached hydrogen (secondary N) is 2. The Kier molecular flexibility index (Phi) is 4.71. The van der Waals surface area contributed by atoms with Gasteiger partial charge in [0, 0.05) is 10.7 Å². The Morgan fingerprint density at radius 3 is 2.57 bits per heavy atom. The molecule has 0 aliphatic carbocycles. The normalized spacial score (nSPS) is 12.1. The van der Waals surface area contributed by atoms with Gasteiger partial charge in [0.1, 0.15) is 11.6 Å². The topological polar surface area (TPSA) is 67.4 Å². The van der Waals surface area contributed by atoms with E-state index >= 15 is 0 Å². The first-order valence-corrected chi connectivity index (χ1v) is 8.83. The smallest absolute Gasteiger partial charge is 0.259 e. The largest absolute Gasteiger partial charge is 0.454 e. The highest BCUT2D eigenvalue weighted by molar-refractivity contribution is 6.31. The van der Waals surface area contributed by atoms with E-state index in [1.54, 1.807) is 48.5 Å². The molecule has 4 rings (SSSR count). The molecular formula is C21H14ClFN2O3. The van der Waals surface area contributed by atoms with Crippen molar-refractivity contribution in [2.24, 2.45) is 0 Å².